The number of rotatable bonds is 4. The SMILES string of the molecule is Nc1nc(N)c2ncn([C@@H]3O[C@H](COP(=O)(O)O)[C@@H](O)[C@@H]3O)c2n1. The number of anilines is 2. The molecule has 24 heavy (non-hydrogen) atoms. The largest absolute Gasteiger partial charge is 0.469 e. The fourth-order valence-corrected chi connectivity index (χ4v) is 2.75. The monoisotopic (exact) mass is 362 g/mol. The van der Waals surface area contributed by atoms with Crippen LogP contribution in [0.3, 0.4) is 0 Å². The van der Waals surface area contributed by atoms with Gasteiger partial charge in [0.05, 0.1) is 12.9 Å². The van der Waals surface area contributed by atoms with Crippen molar-refractivity contribution in [2.45, 2.75) is 24.5 Å². The zero-order valence-corrected chi connectivity index (χ0v) is 12.9. The van der Waals surface area contributed by atoms with E-state index in [1.807, 2.05) is 0 Å². The lowest BCUT2D eigenvalue weighted by molar-refractivity contribution is -0.0503. The number of nitrogens with two attached hydrogens (primary N) is 2. The van der Waals surface area contributed by atoms with Gasteiger partial charge in [-0.05, 0) is 0 Å². The molecule has 1 saturated heterocycles. The van der Waals surface area contributed by atoms with E-state index in [1.54, 1.807) is 0 Å². The standard InChI is InChI=1S/C10H15N6O7P/c11-7-4-8(15-10(12)14-7)16(2-13-4)9-6(18)5(17)3(23-9)1-22-24(19,20)21/h2-3,5-6,9,17-18H,1H2,(H2,19,20,21)(H4,11,12,14,15)/t3-,5-,6+,9-/m1/s1. The van der Waals surface area contributed by atoms with Crippen LogP contribution >= 0.6 is 7.82 Å². The van der Waals surface area contributed by atoms with E-state index in [1.165, 1.54) is 10.9 Å². The highest BCUT2D eigenvalue weighted by atomic mass is 31.2. The van der Waals surface area contributed by atoms with Gasteiger partial charge in [0, 0.05) is 0 Å². The van der Waals surface area contributed by atoms with Gasteiger partial charge in [0.1, 0.15) is 23.8 Å². The van der Waals surface area contributed by atoms with E-state index in [0.29, 0.717) is 0 Å². The first-order valence-electron chi connectivity index (χ1n) is 6.64. The molecule has 2 aromatic rings. The smallest absolute Gasteiger partial charge is 0.387 e. The molecule has 0 aromatic carbocycles. The van der Waals surface area contributed by atoms with Gasteiger partial charge < -0.3 is 36.2 Å². The lowest BCUT2D eigenvalue weighted by atomic mass is 10.1. The number of phosphoric acid groups is 1. The van der Waals surface area contributed by atoms with Crippen LogP contribution in [0.5, 0.6) is 0 Å². The number of nitrogens with zero attached hydrogens (tertiary/aromatic N) is 4. The number of hydrogen-bond acceptors (Lipinski definition) is 10. The van der Waals surface area contributed by atoms with Crippen LogP contribution in [0, 0.1) is 0 Å². The summed E-state index contributed by atoms with van der Waals surface area (Å²) >= 11 is 0. The molecule has 3 heterocycles. The van der Waals surface area contributed by atoms with Gasteiger partial charge in [0.2, 0.25) is 5.95 Å². The highest BCUT2D eigenvalue weighted by Crippen LogP contribution is 2.38. The first kappa shape index (κ1) is 17.0. The van der Waals surface area contributed by atoms with Crippen molar-refractivity contribution in [3.63, 3.8) is 0 Å². The van der Waals surface area contributed by atoms with Crippen LogP contribution in [0.25, 0.3) is 11.2 Å². The van der Waals surface area contributed by atoms with Crippen LogP contribution in [0.1, 0.15) is 6.23 Å². The third kappa shape index (κ3) is 3.06. The normalized spacial score (nSPS) is 27.8. The number of aliphatic hydroxyl groups excluding tert-OH is 2. The summed E-state index contributed by atoms with van der Waals surface area (Å²) < 4.78 is 21.8. The molecule has 13 nitrogen and oxygen atoms in total. The van der Waals surface area contributed by atoms with Crippen molar-refractivity contribution in [1.82, 2.24) is 19.5 Å². The van der Waals surface area contributed by atoms with Crippen molar-refractivity contribution in [3.05, 3.63) is 6.33 Å². The zero-order chi connectivity index (χ0) is 17.6. The summed E-state index contributed by atoms with van der Waals surface area (Å²) in [6.07, 6.45) is -3.92. The van der Waals surface area contributed by atoms with Crippen LogP contribution in [0.4, 0.5) is 11.8 Å². The summed E-state index contributed by atoms with van der Waals surface area (Å²) in [5.74, 6) is -0.0816. The van der Waals surface area contributed by atoms with E-state index >= 15 is 0 Å². The van der Waals surface area contributed by atoms with Gasteiger partial charge >= 0.3 is 7.82 Å². The molecule has 0 radical (unpaired) electrons. The molecule has 0 saturated carbocycles. The highest BCUT2D eigenvalue weighted by molar-refractivity contribution is 7.46. The molecule has 3 rings (SSSR count). The third-order valence-corrected chi connectivity index (χ3v) is 3.97. The number of nitrogen functional groups attached to an aromatic ring is 2. The van der Waals surface area contributed by atoms with Crippen LogP contribution in [0.2, 0.25) is 0 Å². The number of imidazole rings is 1. The molecule has 0 spiro atoms. The van der Waals surface area contributed by atoms with E-state index in [9.17, 15) is 14.8 Å². The molecule has 0 aliphatic carbocycles. The van der Waals surface area contributed by atoms with Crippen LogP contribution in [0.15, 0.2) is 6.33 Å². The first-order chi connectivity index (χ1) is 11.2. The van der Waals surface area contributed by atoms with Crippen molar-refractivity contribution in [2.24, 2.45) is 0 Å². The predicted molar refractivity (Wildman–Crippen MR) is 78.1 cm³/mol. The van der Waals surface area contributed by atoms with Crippen molar-refractivity contribution in [1.29, 1.82) is 0 Å². The van der Waals surface area contributed by atoms with Crippen LogP contribution < -0.4 is 11.5 Å². The van der Waals surface area contributed by atoms with Crippen molar-refractivity contribution in [3.8, 4) is 0 Å². The average Bonchev–Trinajstić information content (AvgIpc) is 3.00. The van der Waals surface area contributed by atoms with Crippen LogP contribution in [-0.2, 0) is 13.8 Å². The van der Waals surface area contributed by atoms with Crippen molar-refractivity contribution in [2.75, 3.05) is 18.1 Å². The number of hydrogen-bond donors (Lipinski definition) is 6. The predicted octanol–water partition coefficient (Wildman–Crippen LogP) is -2.28. The number of ether oxygens (including phenoxy) is 1. The number of aromatic nitrogens is 4. The molecular weight excluding hydrogens is 347 g/mol. The molecule has 0 amide bonds. The Balaban J connectivity index is 1.89. The molecule has 4 atom stereocenters. The topological polar surface area (TPSA) is 212 Å². The Morgan fingerprint density at radius 3 is 2.67 bits per heavy atom. The van der Waals surface area contributed by atoms with Crippen LogP contribution in [-0.4, -0.2) is 64.4 Å². The van der Waals surface area contributed by atoms with E-state index in [4.69, 9.17) is 26.0 Å². The quantitative estimate of drug-likeness (QED) is 0.317. The van der Waals surface area contributed by atoms with Gasteiger partial charge in [-0.25, -0.2) is 9.55 Å². The van der Waals surface area contributed by atoms with E-state index in [-0.39, 0.29) is 22.9 Å². The molecule has 14 heteroatoms. The molecule has 8 N–H and O–H groups in total. The lowest BCUT2D eigenvalue weighted by Gasteiger charge is -2.16. The fourth-order valence-electron chi connectivity index (χ4n) is 2.41. The molecule has 0 unspecified atom stereocenters. The Bertz CT molecular complexity index is 808. The number of aliphatic hydroxyl groups is 2. The summed E-state index contributed by atoms with van der Waals surface area (Å²) in [4.78, 5) is 29.2. The van der Waals surface area contributed by atoms with Gasteiger partial charge in [0.25, 0.3) is 0 Å². The second-order valence-corrected chi connectivity index (χ2v) is 6.36. The van der Waals surface area contributed by atoms with E-state index < -0.39 is 39.0 Å². The highest BCUT2D eigenvalue weighted by Gasteiger charge is 2.45. The van der Waals surface area contributed by atoms with E-state index in [0.717, 1.165) is 0 Å². The maximum atomic E-state index is 10.7. The fraction of sp³-hybridized carbons (Fsp3) is 0.500. The summed E-state index contributed by atoms with van der Waals surface area (Å²) in [6.45, 7) is -0.620. The zero-order valence-electron chi connectivity index (χ0n) is 12.0. The lowest BCUT2D eigenvalue weighted by Crippen LogP contribution is -2.33. The summed E-state index contributed by atoms with van der Waals surface area (Å²) in [6, 6.07) is 0. The first-order valence-corrected chi connectivity index (χ1v) is 8.17. The Morgan fingerprint density at radius 1 is 1.29 bits per heavy atom. The maximum Gasteiger partial charge on any atom is 0.469 e. The Hall–Kier alpha value is -1.86. The van der Waals surface area contributed by atoms with Gasteiger partial charge in [-0.1, -0.05) is 0 Å². The van der Waals surface area contributed by atoms with E-state index in [2.05, 4.69) is 19.5 Å². The summed E-state index contributed by atoms with van der Waals surface area (Å²) in [5, 5.41) is 20.1. The van der Waals surface area contributed by atoms with Crippen molar-refractivity contribution < 1.29 is 33.8 Å². The minimum atomic E-state index is -4.74. The van der Waals surface area contributed by atoms with Crippen molar-refractivity contribution >= 4 is 30.8 Å². The van der Waals surface area contributed by atoms with Gasteiger partial charge in [-0.3, -0.25) is 9.09 Å². The summed E-state index contributed by atoms with van der Waals surface area (Å²) in [7, 11) is -4.74. The molecule has 1 aliphatic heterocycles. The minimum Gasteiger partial charge on any atom is -0.387 e. The minimum absolute atomic E-state index is 0.0330. The number of fused-ring (bicyclic) bond motifs is 1. The third-order valence-electron chi connectivity index (χ3n) is 3.48. The van der Waals surface area contributed by atoms with Gasteiger partial charge in [0.15, 0.2) is 17.7 Å². The Kier molecular flexibility index (Phi) is 4.17. The average molecular weight is 362 g/mol. The Labute approximate surface area is 134 Å². The maximum absolute atomic E-state index is 10.7. The number of phosphoric ester groups is 1. The Morgan fingerprint density at radius 2 is 2.00 bits per heavy atom. The molecule has 2 aromatic heterocycles. The molecule has 1 fully saturated rings. The molecule has 1 aliphatic rings. The molecular formula is C10H15N6O7P. The summed E-state index contributed by atoms with van der Waals surface area (Å²) in [5.41, 5.74) is 11.6. The molecule has 132 valence electrons. The molecule has 0 bridgehead atoms. The second kappa shape index (κ2) is 5.89. The van der Waals surface area contributed by atoms with Gasteiger partial charge in [-0.15, -0.1) is 0 Å². The van der Waals surface area contributed by atoms with Gasteiger partial charge in [-0.2, -0.15) is 9.97 Å². The second-order valence-electron chi connectivity index (χ2n) is 5.12.